The molecule has 0 aliphatic rings. The smallest absolute Gasteiger partial charge is 0.338 e. The third-order valence-electron chi connectivity index (χ3n) is 3.41. The number of carbonyl (C=O) groups excluding carboxylic acids is 2. The van der Waals surface area contributed by atoms with E-state index in [0.717, 1.165) is 5.56 Å². The van der Waals surface area contributed by atoms with Crippen LogP contribution in [0.5, 0.6) is 5.75 Å². The summed E-state index contributed by atoms with van der Waals surface area (Å²) in [5, 5.41) is 2.87. The molecule has 0 fully saturated rings. The van der Waals surface area contributed by atoms with Crippen LogP contribution in [-0.2, 0) is 9.53 Å². The molecule has 0 spiro atoms. The van der Waals surface area contributed by atoms with Crippen molar-refractivity contribution in [2.24, 2.45) is 0 Å². The number of hydrogen-bond donors (Lipinski definition) is 1. The predicted molar refractivity (Wildman–Crippen MR) is 90.9 cm³/mol. The number of amides is 1. The highest BCUT2D eigenvalue weighted by molar-refractivity contribution is 5.89. The molecule has 2 aromatic rings. The van der Waals surface area contributed by atoms with Crippen LogP contribution in [0.25, 0.3) is 0 Å². The van der Waals surface area contributed by atoms with Crippen LogP contribution in [-0.4, -0.2) is 25.1 Å². The van der Waals surface area contributed by atoms with Gasteiger partial charge in [-0.15, -0.1) is 0 Å². The molecule has 0 saturated carbocycles. The molecule has 5 nitrogen and oxygen atoms in total. The molecule has 0 heterocycles. The molecular formula is C19H21NO4. The molecule has 0 saturated heterocycles. The van der Waals surface area contributed by atoms with Crippen molar-refractivity contribution in [3.8, 4) is 5.75 Å². The van der Waals surface area contributed by atoms with E-state index in [0.29, 0.717) is 17.9 Å². The van der Waals surface area contributed by atoms with Crippen molar-refractivity contribution in [3.05, 3.63) is 65.7 Å². The van der Waals surface area contributed by atoms with Gasteiger partial charge < -0.3 is 14.8 Å². The molecule has 0 aromatic heterocycles. The quantitative estimate of drug-likeness (QED) is 0.794. The summed E-state index contributed by atoms with van der Waals surface area (Å²) in [6.07, 6.45) is 0. The molecule has 0 aliphatic carbocycles. The Balaban J connectivity index is 1.82. The van der Waals surface area contributed by atoms with Crippen molar-refractivity contribution in [2.45, 2.75) is 19.9 Å². The van der Waals surface area contributed by atoms with Crippen LogP contribution in [0.15, 0.2) is 54.6 Å². The zero-order chi connectivity index (χ0) is 17.4. The Labute approximate surface area is 141 Å². The Hall–Kier alpha value is -2.82. The normalized spacial score (nSPS) is 11.4. The molecular weight excluding hydrogens is 306 g/mol. The molecule has 0 bridgehead atoms. The fraction of sp³-hybridized carbons (Fsp3) is 0.263. The minimum atomic E-state index is -0.376. The van der Waals surface area contributed by atoms with Crippen LogP contribution in [0, 0.1) is 0 Å². The number of hydrogen-bond acceptors (Lipinski definition) is 4. The topological polar surface area (TPSA) is 64.6 Å². The maximum Gasteiger partial charge on any atom is 0.338 e. The van der Waals surface area contributed by atoms with Crippen LogP contribution >= 0.6 is 0 Å². The molecule has 24 heavy (non-hydrogen) atoms. The second-order valence-corrected chi connectivity index (χ2v) is 5.23. The fourth-order valence-corrected chi connectivity index (χ4v) is 2.16. The molecule has 0 radical (unpaired) electrons. The third kappa shape index (κ3) is 5.12. The Morgan fingerprint density at radius 2 is 1.71 bits per heavy atom. The lowest BCUT2D eigenvalue weighted by Gasteiger charge is -2.14. The standard InChI is InChI=1S/C19H21NO4/c1-3-23-19(22)16-9-11-17(12-10-16)24-13-18(21)20-14(2)15-7-5-4-6-8-15/h4-12,14H,3,13H2,1-2H3,(H,20,21). The molecule has 2 rings (SSSR count). The van der Waals surface area contributed by atoms with Gasteiger partial charge in [0.05, 0.1) is 18.2 Å². The maximum atomic E-state index is 12.0. The Morgan fingerprint density at radius 3 is 2.33 bits per heavy atom. The molecule has 0 aliphatic heterocycles. The number of benzene rings is 2. The minimum Gasteiger partial charge on any atom is -0.484 e. The average Bonchev–Trinajstić information content (AvgIpc) is 2.61. The van der Waals surface area contributed by atoms with Gasteiger partial charge >= 0.3 is 5.97 Å². The van der Waals surface area contributed by atoms with E-state index in [1.54, 1.807) is 31.2 Å². The van der Waals surface area contributed by atoms with Crippen LogP contribution in [0.1, 0.15) is 35.8 Å². The lowest BCUT2D eigenvalue weighted by atomic mass is 10.1. The van der Waals surface area contributed by atoms with Gasteiger partial charge in [-0.05, 0) is 43.7 Å². The van der Waals surface area contributed by atoms with Crippen molar-refractivity contribution in [1.29, 1.82) is 0 Å². The molecule has 126 valence electrons. The number of nitrogens with one attached hydrogen (secondary N) is 1. The lowest BCUT2D eigenvalue weighted by Crippen LogP contribution is -2.31. The first-order valence-corrected chi connectivity index (χ1v) is 7.84. The molecule has 5 heteroatoms. The lowest BCUT2D eigenvalue weighted by molar-refractivity contribution is -0.123. The Morgan fingerprint density at radius 1 is 1.04 bits per heavy atom. The highest BCUT2D eigenvalue weighted by Crippen LogP contribution is 2.14. The fourth-order valence-electron chi connectivity index (χ4n) is 2.16. The number of rotatable bonds is 7. The maximum absolute atomic E-state index is 12.0. The molecule has 2 aromatic carbocycles. The van der Waals surface area contributed by atoms with Gasteiger partial charge in [-0.3, -0.25) is 4.79 Å². The van der Waals surface area contributed by atoms with Crippen molar-refractivity contribution in [1.82, 2.24) is 5.32 Å². The van der Waals surface area contributed by atoms with Crippen molar-refractivity contribution < 1.29 is 19.1 Å². The number of carbonyl (C=O) groups is 2. The van der Waals surface area contributed by atoms with E-state index in [-0.39, 0.29) is 24.5 Å². The number of ether oxygens (including phenoxy) is 2. The molecule has 1 unspecified atom stereocenters. The molecule has 1 atom stereocenters. The van der Waals surface area contributed by atoms with Crippen LogP contribution in [0.4, 0.5) is 0 Å². The van der Waals surface area contributed by atoms with Crippen LogP contribution in [0.2, 0.25) is 0 Å². The zero-order valence-corrected chi connectivity index (χ0v) is 13.8. The van der Waals surface area contributed by atoms with Gasteiger partial charge in [0.15, 0.2) is 6.61 Å². The summed E-state index contributed by atoms with van der Waals surface area (Å²) < 4.78 is 10.3. The van der Waals surface area contributed by atoms with Crippen molar-refractivity contribution in [3.63, 3.8) is 0 Å². The SMILES string of the molecule is CCOC(=O)c1ccc(OCC(=O)NC(C)c2ccccc2)cc1. The first kappa shape index (κ1) is 17.5. The second kappa shape index (κ2) is 8.72. The van der Waals surface area contributed by atoms with Gasteiger partial charge in [-0.1, -0.05) is 30.3 Å². The van der Waals surface area contributed by atoms with Crippen molar-refractivity contribution >= 4 is 11.9 Å². The summed E-state index contributed by atoms with van der Waals surface area (Å²) in [4.78, 5) is 23.5. The van der Waals surface area contributed by atoms with Gasteiger partial charge in [0.1, 0.15) is 5.75 Å². The van der Waals surface area contributed by atoms with E-state index in [1.165, 1.54) is 0 Å². The van der Waals surface area contributed by atoms with Gasteiger partial charge in [0, 0.05) is 0 Å². The summed E-state index contributed by atoms with van der Waals surface area (Å²) in [5.74, 6) is -0.0649. The number of esters is 1. The monoisotopic (exact) mass is 327 g/mol. The molecule has 1 amide bonds. The van der Waals surface area contributed by atoms with E-state index in [4.69, 9.17) is 9.47 Å². The van der Waals surface area contributed by atoms with Crippen LogP contribution in [0.3, 0.4) is 0 Å². The summed E-state index contributed by atoms with van der Waals surface area (Å²) >= 11 is 0. The summed E-state index contributed by atoms with van der Waals surface area (Å²) in [7, 11) is 0. The highest BCUT2D eigenvalue weighted by atomic mass is 16.5. The first-order chi connectivity index (χ1) is 11.6. The van der Waals surface area contributed by atoms with E-state index in [2.05, 4.69) is 5.32 Å². The van der Waals surface area contributed by atoms with Gasteiger partial charge in [0.25, 0.3) is 5.91 Å². The van der Waals surface area contributed by atoms with Crippen molar-refractivity contribution in [2.75, 3.05) is 13.2 Å². The third-order valence-corrected chi connectivity index (χ3v) is 3.41. The average molecular weight is 327 g/mol. The van der Waals surface area contributed by atoms with E-state index < -0.39 is 0 Å². The largest absolute Gasteiger partial charge is 0.484 e. The summed E-state index contributed by atoms with van der Waals surface area (Å²) in [6.45, 7) is 3.92. The Kier molecular flexibility index (Phi) is 6.37. The first-order valence-electron chi connectivity index (χ1n) is 7.84. The summed E-state index contributed by atoms with van der Waals surface area (Å²) in [5.41, 5.74) is 1.48. The van der Waals surface area contributed by atoms with Crippen LogP contribution < -0.4 is 10.1 Å². The van der Waals surface area contributed by atoms with E-state index in [9.17, 15) is 9.59 Å². The minimum absolute atomic E-state index is 0.0874. The van der Waals surface area contributed by atoms with E-state index >= 15 is 0 Å². The van der Waals surface area contributed by atoms with Gasteiger partial charge in [0.2, 0.25) is 0 Å². The van der Waals surface area contributed by atoms with Gasteiger partial charge in [-0.2, -0.15) is 0 Å². The zero-order valence-electron chi connectivity index (χ0n) is 13.8. The predicted octanol–water partition coefficient (Wildman–Crippen LogP) is 3.12. The molecule has 1 N–H and O–H groups in total. The van der Waals surface area contributed by atoms with Gasteiger partial charge in [-0.25, -0.2) is 4.79 Å². The summed E-state index contributed by atoms with van der Waals surface area (Å²) in [6, 6.07) is 16.1. The Bertz CT molecular complexity index is 668. The van der Waals surface area contributed by atoms with E-state index in [1.807, 2.05) is 37.3 Å². The highest BCUT2D eigenvalue weighted by Gasteiger charge is 2.10. The second-order valence-electron chi connectivity index (χ2n) is 5.23.